The molecule has 0 aliphatic rings. The molecule has 0 aromatic heterocycles. The van der Waals surface area contributed by atoms with Crippen molar-refractivity contribution in [3.05, 3.63) is 62.2 Å². The van der Waals surface area contributed by atoms with Crippen molar-refractivity contribution < 1.29 is 9.53 Å². The minimum atomic E-state index is -0.249. The van der Waals surface area contributed by atoms with Crippen LogP contribution in [-0.2, 0) is 0 Å². The largest absolute Gasteiger partial charge is 0.496 e. The standard InChI is InChI=1S/C17H17IN2O2/c1-11-4-5-14(12(2)8-11)10-19-20-17(21)13-6-7-16(22-3)15(18)9-13/h4-10H,1-3H3,(H,20,21)/b19-10+. The highest BCUT2D eigenvalue weighted by Crippen LogP contribution is 2.21. The first-order chi connectivity index (χ1) is 10.5. The van der Waals surface area contributed by atoms with Crippen LogP contribution in [0.25, 0.3) is 0 Å². The Morgan fingerprint density at radius 2 is 2.00 bits per heavy atom. The summed E-state index contributed by atoms with van der Waals surface area (Å²) in [7, 11) is 1.60. The molecule has 0 aliphatic heterocycles. The number of hydrogen-bond acceptors (Lipinski definition) is 3. The fraction of sp³-hybridized carbons (Fsp3) is 0.176. The molecule has 0 unspecified atom stereocenters. The summed E-state index contributed by atoms with van der Waals surface area (Å²) in [6.45, 7) is 4.06. The Hall–Kier alpha value is -1.89. The van der Waals surface area contributed by atoms with Crippen LogP contribution in [0.15, 0.2) is 41.5 Å². The van der Waals surface area contributed by atoms with Crippen molar-refractivity contribution in [1.29, 1.82) is 0 Å². The van der Waals surface area contributed by atoms with Gasteiger partial charge in [-0.1, -0.05) is 23.8 Å². The fourth-order valence-corrected chi connectivity index (χ4v) is 2.74. The van der Waals surface area contributed by atoms with Gasteiger partial charge < -0.3 is 4.74 Å². The van der Waals surface area contributed by atoms with Crippen molar-refractivity contribution in [1.82, 2.24) is 5.43 Å². The van der Waals surface area contributed by atoms with Crippen LogP contribution >= 0.6 is 22.6 Å². The van der Waals surface area contributed by atoms with Gasteiger partial charge in [-0.2, -0.15) is 5.10 Å². The molecule has 2 aromatic rings. The van der Waals surface area contributed by atoms with Gasteiger partial charge in [-0.3, -0.25) is 4.79 Å². The van der Waals surface area contributed by atoms with E-state index < -0.39 is 0 Å². The Balaban J connectivity index is 2.06. The number of benzene rings is 2. The van der Waals surface area contributed by atoms with E-state index in [0.29, 0.717) is 5.56 Å². The van der Waals surface area contributed by atoms with Gasteiger partial charge in [0.2, 0.25) is 0 Å². The smallest absolute Gasteiger partial charge is 0.271 e. The summed E-state index contributed by atoms with van der Waals surface area (Å²) in [6, 6.07) is 11.3. The number of rotatable bonds is 4. The van der Waals surface area contributed by atoms with Crippen molar-refractivity contribution in [3.8, 4) is 5.75 Å². The number of aryl methyl sites for hydroxylation is 2. The molecule has 4 nitrogen and oxygen atoms in total. The minimum absolute atomic E-state index is 0.249. The van der Waals surface area contributed by atoms with Gasteiger partial charge in [-0.05, 0) is 65.8 Å². The van der Waals surface area contributed by atoms with Crippen LogP contribution in [0.3, 0.4) is 0 Å². The van der Waals surface area contributed by atoms with Crippen LogP contribution < -0.4 is 10.2 Å². The molecule has 2 rings (SSSR count). The number of carbonyl (C=O) groups excluding carboxylic acids is 1. The van der Waals surface area contributed by atoms with E-state index in [9.17, 15) is 4.79 Å². The highest BCUT2D eigenvalue weighted by molar-refractivity contribution is 14.1. The number of methoxy groups -OCH3 is 1. The molecule has 22 heavy (non-hydrogen) atoms. The lowest BCUT2D eigenvalue weighted by Crippen LogP contribution is -2.17. The molecule has 0 atom stereocenters. The summed E-state index contributed by atoms with van der Waals surface area (Å²) in [5.41, 5.74) is 6.39. The van der Waals surface area contributed by atoms with Crippen LogP contribution in [0.4, 0.5) is 0 Å². The average molecular weight is 408 g/mol. The van der Waals surface area contributed by atoms with E-state index in [1.54, 1.807) is 31.5 Å². The van der Waals surface area contributed by atoms with Crippen molar-refractivity contribution in [2.75, 3.05) is 7.11 Å². The number of halogens is 1. The Bertz CT molecular complexity index is 727. The predicted octanol–water partition coefficient (Wildman–Crippen LogP) is 3.68. The normalized spacial score (nSPS) is 10.7. The lowest BCUT2D eigenvalue weighted by molar-refractivity contribution is 0.0955. The number of hydrazone groups is 1. The maximum absolute atomic E-state index is 12.1. The second-order valence-electron chi connectivity index (χ2n) is 4.91. The first-order valence-corrected chi connectivity index (χ1v) is 7.83. The van der Waals surface area contributed by atoms with Gasteiger partial charge in [0.15, 0.2) is 0 Å². The summed E-state index contributed by atoms with van der Waals surface area (Å²) in [5.74, 6) is 0.498. The SMILES string of the molecule is COc1ccc(C(=O)N/N=C/c2ccc(C)cc2C)cc1I. The maximum Gasteiger partial charge on any atom is 0.271 e. The maximum atomic E-state index is 12.1. The monoisotopic (exact) mass is 408 g/mol. The molecule has 0 spiro atoms. The third-order valence-electron chi connectivity index (χ3n) is 3.21. The van der Waals surface area contributed by atoms with E-state index in [1.807, 2.05) is 26.0 Å². The van der Waals surface area contributed by atoms with Crippen LogP contribution in [-0.4, -0.2) is 19.2 Å². The molecule has 0 radical (unpaired) electrons. The van der Waals surface area contributed by atoms with Gasteiger partial charge in [-0.25, -0.2) is 5.43 Å². The number of hydrogen-bond donors (Lipinski definition) is 1. The molecule has 0 heterocycles. The highest BCUT2D eigenvalue weighted by atomic mass is 127. The number of ether oxygens (including phenoxy) is 1. The summed E-state index contributed by atoms with van der Waals surface area (Å²) in [5, 5.41) is 4.02. The zero-order valence-corrected chi connectivity index (χ0v) is 14.8. The van der Waals surface area contributed by atoms with E-state index in [1.165, 1.54) is 5.56 Å². The fourth-order valence-electron chi connectivity index (χ4n) is 2.00. The summed E-state index contributed by atoms with van der Waals surface area (Å²) in [6.07, 6.45) is 1.65. The van der Waals surface area contributed by atoms with Gasteiger partial charge >= 0.3 is 0 Å². The van der Waals surface area contributed by atoms with Crippen LogP contribution in [0, 0.1) is 17.4 Å². The number of nitrogens with one attached hydrogen (secondary N) is 1. The zero-order valence-electron chi connectivity index (χ0n) is 12.7. The summed E-state index contributed by atoms with van der Waals surface area (Å²) >= 11 is 2.13. The highest BCUT2D eigenvalue weighted by Gasteiger charge is 2.07. The van der Waals surface area contributed by atoms with Gasteiger partial charge in [0.25, 0.3) is 5.91 Å². The first kappa shape index (κ1) is 16.5. The lowest BCUT2D eigenvalue weighted by Gasteiger charge is -2.05. The number of amides is 1. The Morgan fingerprint density at radius 3 is 2.64 bits per heavy atom. The quantitative estimate of drug-likeness (QED) is 0.477. The molecule has 114 valence electrons. The second kappa shape index (κ2) is 7.40. The van der Waals surface area contributed by atoms with Crippen LogP contribution in [0.5, 0.6) is 5.75 Å². The zero-order chi connectivity index (χ0) is 16.1. The lowest BCUT2D eigenvalue weighted by atomic mass is 10.1. The molecule has 2 aromatic carbocycles. The van der Waals surface area contributed by atoms with Crippen molar-refractivity contribution in [3.63, 3.8) is 0 Å². The molecule has 1 amide bonds. The van der Waals surface area contributed by atoms with Gasteiger partial charge in [0, 0.05) is 5.56 Å². The Kier molecular flexibility index (Phi) is 5.54. The van der Waals surface area contributed by atoms with E-state index >= 15 is 0 Å². The third kappa shape index (κ3) is 4.07. The van der Waals surface area contributed by atoms with Crippen LogP contribution in [0.2, 0.25) is 0 Å². The van der Waals surface area contributed by atoms with E-state index in [2.05, 4.69) is 39.2 Å². The van der Waals surface area contributed by atoms with Crippen molar-refractivity contribution in [2.45, 2.75) is 13.8 Å². The van der Waals surface area contributed by atoms with Gasteiger partial charge in [-0.15, -0.1) is 0 Å². The molecule has 0 bridgehead atoms. The van der Waals surface area contributed by atoms with Gasteiger partial charge in [0.05, 0.1) is 16.9 Å². The van der Waals surface area contributed by atoms with E-state index in [0.717, 1.165) is 20.4 Å². The van der Waals surface area contributed by atoms with E-state index in [-0.39, 0.29) is 5.91 Å². The molecular weight excluding hydrogens is 391 g/mol. The van der Waals surface area contributed by atoms with Crippen molar-refractivity contribution >= 4 is 34.7 Å². The third-order valence-corrected chi connectivity index (χ3v) is 4.05. The topological polar surface area (TPSA) is 50.7 Å². The van der Waals surface area contributed by atoms with Gasteiger partial charge in [0.1, 0.15) is 5.75 Å². The number of nitrogens with zero attached hydrogens (tertiary/aromatic N) is 1. The molecular formula is C17H17IN2O2. The summed E-state index contributed by atoms with van der Waals surface area (Å²) in [4.78, 5) is 12.1. The second-order valence-corrected chi connectivity index (χ2v) is 6.07. The first-order valence-electron chi connectivity index (χ1n) is 6.75. The number of carbonyl (C=O) groups is 1. The molecule has 5 heteroatoms. The molecule has 0 saturated carbocycles. The average Bonchev–Trinajstić information content (AvgIpc) is 2.49. The molecule has 0 fully saturated rings. The van der Waals surface area contributed by atoms with Crippen LogP contribution in [0.1, 0.15) is 27.0 Å². The Labute approximate surface area is 143 Å². The minimum Gasteiger partial charge on any atom is -0.496 e. The Morgan fingerprint density at radius 1 is 1.23 bits per heavy atom. The molecule has 1 N–H and O–H groups in total. The van der Waals surface area contributed by atoms with Crippen molar-refractivity contribution in [2.24, 2.45) is 5.10 Å². The predicted molar refractivity (Wildman–Crippen MR) is 96.7 cm³/mol. The summed E-state index contributed by atoms with van der Waals surface area (Å²) < 4.78 is 6.05. The van der Waals surface area contributed by atoms with E-state index in [4.69, 9.17) is 4.74 Å². The molecule has 0 aliphatic carbocycles. The molecule has 0 saturated heterocycles.